The van der Waals surface area contributed by atoms with Crippen molar-refractivity contribution >= 4 is 10.0 Å². The van der Waals surface area contributed by atoms with E-state index in [0.717, 1.165) is 10.4 Å². The average Bonchev–Trinajstić information content (AvgIpc) is 3.10. The molecule has 1 aliphatic rings. The third-order valence-corrected chi connectivity index (χ3v) is 6.68. The number of sulfonamides is 1. The minimum atomic E-state index is -4.12. The van der Waals surface area contributed by atoms with Crippen LogP contribution in [0.2, 0.25) is 0 Å². The summed E-state index contributed by atoms with van der Waals surface area (Å²) in [7, 11) is -4.12. The van der Waals surface area contributed by atoms with Crippen LogP contribution in [0.4, 0.5) is 4.39 Å². The first kappa shape index (κ1) is 24.6. The lowest BCUT2D eigenvalue weighted by Gasteiger charge is -2.27. The first-order chi connectivity index (χ1) is 15.4. The molecule has 0 spiro atoms. The number of β-amino-alcohol motifs (C(OH)–C–C–N with tert-alkyl or cyclic N) is 1. The normalized spacial score (nSPS) is 21.2. The number of nitrogens with zero attached hydrogens (tertiary/aromatic N) is 3. The van der Waals surface area contributed by atoms with E-state index < -0.39 is 40.7 Å². The first-order valence-electron chi connectivity index (χ1n) is 10.1. The summed E-state index contributed by atoms with van der Waals surface area (Å²) in [5.41, 5.74) is -1.77. The number of rotatable bonds is 5. The zero-order chi connectivity index (χ0) is 24.4. The van der Waals surface area contributed by atoms with Crippen LogP contribution >= 0.6 is 0 Å². The molecule has 0 saturated carbocycles. The Bertz CT molecular complexity index is 1240. The summed E-state index contributed by atoms with van der Waals surface area (Å²) in [6.07, 6.45) is 0.175. The van der Waals surface area contributed by atoms with Crippen molar-refractivity contribution in [2.24, 2.45) is 5.41 Å². The van der Waals surface area contributed by atoms with Crippen LogP contribution in [0.25, 0.3) is 0 Å². The summed E-state index contributed by atoms with van der Waals surface area (Å²) in [6, 6.07) is 8.05. The van der Waals surface area contributed by atoms with Crippen LogP contribution in [0.15, 0.2) is 41.6 Å². The van der Waals surface area contributed by atoms with Crippen molar-refractivity contribution in [2.45, 2.75) is 37.5 Å². The smallest absolute Gasteiger partial charge is 0.260 e. The predicted molar refractivity (Wildman–Crippen MR) is 117 cm³/mol. The van der Waals surface area contributed by atoms with Crippen molar-refractivity contribution in [1.29, 1.82) is 5.26 Å². The van der Waals surface area contributed by atoms with E-state index in [4.69, 9.17) is 10.00 Å². The van der Waals surface area contributed by atoms with E-state index in [0.29, 0.717) is 5.56 Å². The van der Waals surface area contributed by atoms with Gasteiger partial charge >= 0.3 is 0 Å². The molecule has 0 unspecified atom stereocenters. The van der Waals surface area contributed by atoms with Crippen molar-refractivity contribution in [2.75, 3.05) is 19.7 Å². The van der Waals surface area contributed by atoms with Crippen molar-refractivity contribution < 1.29 is 27.8 Å². The number of hydrogen-bond donors (Lipinski definition) is 2. The number of ether oxygens (including phenoxy) is 1. The number of pyridine rings is 1. The summed E-state index contributed by atoms with van der Waals surface area (Å²) in [5.74, 6) is 5.15. The molecule has 2 heterocycles. The number of aliphatic hydroxyl groups is 2. The second-order valence-electron chi connectivity index (χ2n) is 8.80. The predicted octanol–water partition coefficient (Wildman–Crippen LogP) is 1.67. The van der Waals surface area contributed by atoms with E-state index in [2.05, 4.69) is 16.8 Å². The van der Waals surface area contributed by atoms with Crippen LogP contribution in [0.5, 0.6) is 5.75 Å². The molecule has 10 heteroatoms. The summed E-state index contributed by atoms with van der Waals surface area (Å²) in [4.78, 5) is 4.01. The Hall–Kier alpha value is -3.02. The molecule has 33 heavy (non-hydrogen) atoms. The number of aromatic nitrogens is 1. The zero-order valence-corrected chi connectivity index (χ0v) is 19.2. The van der Waals surface area contributed by atoms with Gasteiger partial charge in [-0.05, 0) is 45.0 Å². The molecule has 3 rings (SSSR count). The van der Waals surface area contributed by atoms with Crippen LogP contribution < -0.4 is 4.74 Å². The van der Waals surface area contributed by atoms with Crippen LogP contribution in [-0.4, -0.2) is 59.3 Å². The molecule has 174 valence electrons. The molecule has 2 atom stereocenters. The lowest BCUT2D eigenvalue weighted by molar-refractivity contribution is -0.0641. The molecule has 0 radical (unpaired) electrons. The topological polar surface area (TPSA) is 124 Å². The highest BCUT2D eigenvalue weighted by Gasteiger charge is 2.51. The van der Waals surface area contributed by atoms with Gasteiger partial charge in [0.25, 0.3) is 10.0 Å². The lowest BCUT2D eigenvalue weighted by Crippen LogP contribution is -2.48. The van der Waals surface area contributed by atoms with Gasteiger partial charge in [-0.15, -0.1) is 0 Å². The van der Waals surface area contributed by atoms with E-state index in [1.165, 1.54) is 24.4 Å². The summed E-state index contributed by atoms with van der Waals surface area (Å²) >= 11 is 0. The minimum absolute atomic E-state index is 0.0116. The lowest BCUT2D eigenvalue weighted by atomic mass is 9.97. The highest BCUT2D eigenvalue weighted by Crippen LogP contribution is 2.30. The molecule has 2 aromatic rings. The molecule has 1 aromatic heterocycles. The molecular weight excluding hydrogens is 449 g/mol. The van der Waals surface area contributed by atoms with Gasteiger partial charge in [0.15, 0.2) is 5.03 Å². The van der Waals surface area contributed by atoms with Gasteiger partial charge in [-0.3, -0.25) is 0 Å². The van der Waals surface area contributed by atoms with Crippen molar-refractivity contribution in [3.63, 3.8) is 0 Å². The fourth-order valence-corrected chi connectivity index (χ4v) is 4.55. The number of benzene rings is 1. The maximum absolute atomic E-state index is 13.9. The fraction of sp³-hybridized carbons (Fsp3) is 0.391. The molecule has 1 aliphatic heterocycles. The van der Waals surface area contributed by atoms with Crippen LogP contribution in [0, 0.1) is 34.4 Å². The summed E-state index contributed by atoms with van der Waals surface area (Å²) in [6.45, 7) is 4.33. The maximum atomic E-state index is 13.9. The SMILES string of the molecule is CC(C)(C)C#Cc1ccc(S(=O)(=O)N2C[C@H](Oc3ccc(C#N)c(F)c3)[C@](O)(CO)C2)nc1. The average molecular weight is 474 g/mol. The largest absolute Gasteiger partial charge is 0.486 e. The maximum Gasteiger partial charge on any atom is 0.260 e. The minimum Gasteiger partial charge on any atom is -0.486 e. The van der Waals surface area contributed by atoms with Crippen LogP contribution in [0.1, 0.15) is 31.9 Å². The Labute approximate surface area is 192 Å². The molecule has 1 aromatic carbocycles. The molecule has 0 aliphatic carbocycles. The van der Waals surface area contributed by atoms with Gasteiger partial charge < -0.3 is 14.9 Å². The Morgan fingerprint density at radius 3 is 2.61 bits per heavy atom. The van der Waals surface area contributed by atoms with Crippen molar-refractivity contribution in [3.8, 4) is 23.7 Å². The Morgan fingerprint density at radius 2 is 2.06 bits per heavy atom. The number of aliphatic hydroxyl groups excluding tert-OH is 1. The quantitative estimate of drug-likeness (QED) is 0.633. The number of hydrogen-bond acceptors (Lipinski definition) is 7. The Balaban J connectivity index is 1.82. The molecule has 2 N–H and O–H groups in total. The van der Waals surface area contributed by atoms with Gasteiger partial charge in [0.2, 0.25) is 0 Å². The van der Waals surface area contributed by atoms with E-state index >= 15 is 0 Å². The van der Waals surface area contributed by atoms with E-state index in [1.54, 1.807) is 12.1 Å². The van der Waals surface area contributed by atoms with Gasteiger partial charge in [-0.25, -0.2) is 17.8 Å². The molecule has 0 amide bonds. The van der Waals surface area contributed by atoms with Gasteiger partial charge in [-0.2, -0.15) is 9.57 Å². The van der Waals surface area contributed by atoms with Gasteiger partial charge in [0.1, 0.15) is 29.3 Å². The van der Waals surface area contributed by atoms with Gasteiger partial charge in [0.05, 0.1) is 18.7 Å². The fourth-order valence-electron chi connectivity index (χ4n) is 3.13. The second kappa shape index (κ2) is 9.08. The Kier molecular flexibility index (Phi) is 6.78. The summed E-state index contributed by atoms with van der Waals surface area (Å²) in [5, 5.41) is 29.1. The van der Waals surface area contributed by atoms with E-state index in [1.807, 2.05) is 20.8 Å². The second-order valence-corrected chi connectivity index (χ2v) is 10.7. The highest BCUT2D eigenvalue weighted by molar-refractivity contribution is 7.89. The van der Waals surface area contributed by atoms with Crippen molar-refractivity contribution in [3.05, 3.63) is 53.5 Å². The molecule has 1 saturated heterocycles. The molecule has 1 fully saturated rings. The van der Waals surface area contributed by atoms with Gasteiger partial charge in [0, 0.05) is 29.8 Å². The van der Waals surface area contributed by atoms with Crippen molar-refractivity contribution in [1.82, 2.24) is 9.29 Å². The van der Waals surface area contributed by atoms with Crippen LogP contribution in [0.3, 0.4) is 0 Å². The Morgan fingerprint density at radius 1 is 1.33 bits per heavy atom. The number of nitriles is 1. The molecular formula is C23H24FN3O5S. The van der Waals surface area contributed by atoms with E-state index in [-0.39, 0.29) is 28.3 Å². The standard InChI is InChI=1S/C23H24FN3O5S/c1-22(2,3)9-8-16-4-7-21(26-12-16)33(30,31)27-13-20(23(29,14-27)15-28)32-18-6-5-17(11-25)19(24)10-18/h4-7,10,12,20,28-29H,13-15H2,1-3H3/t20-,23+/m0/s1. The highest BCUT2D eigenvalue weighted by atomic mass is 32.2. The third-order valence-electron chi connectivity index (χ3n) is 4.95. The zero-order valence-electron chi connectivity index (χ0n) is 18.4. The van der Waals surface area contributed by atoms with Gasteiger partial charge in [-0.1, -0.05) is 11.8 Å². The number of halogens is 1. The van der Waals surface area contributed by atoms with E-state index in [9.17, 15) is 23.0 Å². The van der Waals surface area contributed by atoms with Crippen LogP contribution in [-0.2, 0) is 10.0 Å². The third kappa shape index (κ3) is 5.49. The summed E-state index contributed by atoms with van der Waals surface area (Å²) < 4.78 is 46.6. The monoisotopic (exact) mass is 473 g/mol. The first-order valence-corrected chi connectivity index (χ1v) is 11.5. The molecule has 0 bridgehead atoms. The molecule has 8 nitrogen and oxygen atoms in total.